The Balaban J connectivity index is 1.77. The molecule has 2 rings (SSSR count). The highest BCUT2D eigenvalue weighted by molar-refractivity contribution is 7.80. The number of anilines is 1. The van der Waals surface area contributed by atoms with Gasteiger partial charge in [-0.25, -0.2) is 0 Å². The lowest BCUT2D eigenvalue weighted by atomic mass is 10.3. The standard InChI is InChI=1S/C14H12ClN3O2S/c15-10-3-1-4-11(9-10)16-14(21)18-17-13(19)7-6-12-5-2-8-20-12/h1-9H,(H,17,19)(H2,16,18,21)/b7-6+. The molecule has 2 aromatic rings. The van der Waals surface area contributed by atoms with Crippen LogP contribution >= 0.6 is 23.8 Å². The third kappa shape index (κ3) is 5.29. The summed E-state index contributed by atoms with van der Waals surface area (Å²) in [6.45, 7) is 0. The molecule has 0 aliphatic rings. The quantitative estimate of drug-likeness (QED) is 0.461. The first kappa shape index (κ1) is 15.1. The lowest BCUT2D eigenvalue weighted by molar-refractivity contribution is -0.116. The van der Waals surface area contributed by atoms with E-state index in [-0.39, 0.29) is 11.0 Å². The first-order valence-electron chi connectivity index (χ1n) is 5.97. The Bertz CT molecular complexity index is 656. The van der Waals surface area contributed by atoms with Crippen LogP contribution in [-0.2, 0) is 4.79 Å². The summed E-state index contributed by atoms with van der Waals surface area (Å²) in [4.78, 5) is 11.5. The molecular weight excluding hydrogens is 310 g/mol. The Hall–Kier alpha value is -2.31. The van der Waals surface area contributed by atoms with Gasteiger partial charge in [0.1, 0.15) is 5.76 Å². The van der Waals surface area contributed by atoms with E-state index < -0.39 is 0 Å². The topological polar surface area (TPSA) is 66.3 Å². The average Bonchev–Trinajstić information content (AvgIpc) is 2.96. The van der Waals surface area contributed by atoms with E-state index in [1.165, 1.54) is 12.3 Å². The van der Waals surface area contributed by atoms with Crippen molar-refractivity contribution in [1.82, 2.24) is 10.9 Å². The van der Waals surface area contributed by atoms with Crippen LogP contribution in [0.2, 0.25) is 5.02 Å². The molecule has 0 bridgehead atoms. The van der Waals surface area contributed by atoms with Crippen molar-refractivity contribution in [2.75, 3.05) is 5.32 Å². The molecule has 108 valence electrons. The molecule has 21 heavy (non-hydrogen) atoms. The van der Waals surface area contributed by atoms with E-state index in [0.717, 1.165) is 5.69 Å². The van der Waals surface area contributed by atoms with Gasteiger partial charge >= 0.3 is 0 Å². The number of hydrazine groups is 1. The summed E-state index contributed by atoms with van der Waals surface area (Å²) in [5, 5.41) is 3.72. The monoisotopic (exact) mass is 321 g/mol. The summed E-state index contributed by atoms with van der Waals surface area (Å²) in [6, 6.07) is 10.5. The highest BCUT2D eigenvalue weighted by atomic mass is 35.5. The van der Waals surface area contributed by atoms with Crippen molar-refractivity contribution in [3.8, 4) is 0 Å². The van der Waals surface area contributed by atoms with Crippen molar-refractivity contribution < 1.29 is 9.21 Å². The minimum Gasteiger partial charge on any atom is -0.465 e. The summed E-state index contributed by atoms with van der Waals surface area (Å²) in [5.74, 6) is 0.228. The van der Waals surface area contributed by atoms with E-state index >= 15 is 0 Å². The minimum atomic E-state index is -0.360. The van der Waals surface area contributed by atoms with Gasteiger partial charge in [0.05, 0.1) is 6.26 Å². The molecule has 1 aromatic heterocycles. The summed E-state index contributed by atoms with van der Waals surface area (Å²) >= 11 is 10.9. The van der Waals surface area contributed by atoms with Crippen LogP contribution in [0.15, 0.2) is 53.2 Å². The van der Waals surface area contributed by atoms with Crippen LogP contribution in [0.1, 0.15) is 5.76 Å². The molecule has 0 radical (unpaired) electrons. The van der Waals surface area contributed by atoms with E-state index in [9.17, 15) is 4.79 Å². The fourth-order valence-electron chi connectivity index (χ4n) is 1.43. The van der Waals surface area contributed by atoms with Gasteiger partial charge in [-0.1, -0.05) is 17.7 Å². The van der Waals surface area contributed by atoms with E-state index in [1.807, 2.05) is 0 Å². The molecule has 0 aliphatic carbocycles. The second kappa shape index (κ2) is 7.47. The van der Waals surface area contributed by atoms with Crippen molar-refractivity contribution in [3.05, 3.63) is 59.5 Å². The summed E-state index contributed by atoms with van der Waals surface area (Å²) in [6.07, 6.45) is 4.40. The third-order valence-electron chi connectivity index (χ3n) is 2.32. The molecule has 1 amide bonds. The van der Waals surface area contributed by atoms with Crippen LogP contribution in [-0.4, -0.2) is 11.0 Å². The Morgan fingerprint density at radius 3 is 2.81 bits per heavy atom. The second-order valence-electron chi connectivity index (χ2n) is 3.93. The largest absolute Gasteiger partial charge is 0.465 e. The van der Waals surface area contributed by atoms with Crippen molar-refractivity contribution in [1.29, 1.82) is 0 Å². The number of benzene rings is 1. The van der Waals surface area contributed by atoms with Gasteiger partial charge < -0.3 is 9.73 Å². The second-order valence-corrected chi connectivity index (χ2v) is 4.77. The zero-order valence-electron chi connectivity index (χ0n) is 10.8. The molecule has 0 saturated carbocycles. The maximum atomic E-state index is 11.5. The number of furan rings is 1. The van der Waals surface area contributed by atoms with Crippen LogP contribution in [0.5, 0.6) is 0 Å². The molecule has 7 heteroatoms. The fourth-order valence-corrected chi connectivity index (χ4v) is 1.79. The molecule has 1 aromatic carbocycles. The first-order valence-corrected chi connectivity index (χ1v) is 6.76. The Morgan fingerprint density at radius 1 is 1.24 bits per heavy atom. The maximum Gasteiger partial charge on any atom is 0.262 e. The molecule has 3 N–H and O–H groups in total. The number of hydrogen-bond donors (Lipinski definition) is 3. The van der Waals surface area contributed by atoms with Crippen molar-refractivity contribution in [2.24, 2.45) is 0 Å². The van der Waals surface area contributed by atoms with Gasteiger partial charge in [0.2, 0.25) is 0 Å². The van der Waals surface area contributed by atoms with Crippen LogP contribution in [0.3, 0.4) is 0 Å². The van der Waals surface area contributed by atoms with Crippen molar-refractivity contribution >= 4 is 46.6 Å². The molecule has 0 fully saturated rings. The number of thiocarbonyl (C=S) groups is 1. The normalized spacial score (nSPS) is 10.3. The predicted molar refractivity (Wildman–Crippen MR) is 86.7 cm³/mol. The highest BCUT2D eigenvalue weighted by Crippen LogP contribution is 2.14. The SMILES string of the molecule is O=C(/C=C/c1ccco1)NNC(=S)Nc1cccc(Cl)c1. The van der Waals surface area contributed by atoms with Crippen LogP contribution < -0.4 is 16.2 Å². The summed E-state index contributed by atoms with van der Waals surface area (Å²) < 4.78 is 5.06. The maximum absolute atomic E-state index is 11.5. The van der Waals surface area contributed by atoms with E-state index in [2.05, 4.69) is 16.2 Å². The molecule has 0 unspecified atom stereocenters. The van der Waals surface area contributed by atoms with E-state index in [0.29, 0.717) is 10.8 Å². The van der Waals surface area contributed by atoms with Gasteiger partial charge in [0.25, 0.3) is 5.91 Å². The van der Waals surface area contributed by atoms with Crippen LogP contribution in [0, 0.1) is 0 Å². The first-order chi connectivity index (χ1) is 10.1. The lowest BCUT2D eigenvalue weighted by Gasteiger charge is -2.10. The Morgan fingerprint density at radius 2 is 2.10 bits per heavy atom. The molecule has 0 atom stereocenters. The molecule has 5 nitrogen and oxygen atoms in total. The number of carbonyl (C=O) groups excluding carboxylic acids is 1. The number of hydrogen-bond acceptors (Lipinski definition) is 3. The van der Waals surface area contributed by atoms with Gasteiger partial charge in [0.15, 0.2) is 5.11 Å². The zero-order chi connectivity index (χ0) is 15.1. The van der Waals surface area contributed by atoms with Crippen molar-refractivity contribution in [3.63, 3.8) is 0 Å². The smallest absolute Gasteiger partial charge is 0.262 e. The molecule has 0 aliphatic heterocycles. The zero-order valence-corrected chi connectivity index (χ0v) is 12.4. The molecule has 1 heterocycles. The Kier molecular flexibility index (Phi) is 5.36. The molecule has 0 spiro atoms. The van der Waals surface area contributed by atoms with Gasteiger partial charge in [0, 0.05) is 16.8 Å². The summed E-state index contributed by atoms with van der Waals surface area (Å²) in [5.41, 5.74) is 5.72. The molecule has 0 saturated heterocycles. The number of carbonyl (C=O) groups is 1. The average molecular weight is 322 g/mol. The van der Waals surface area contributed by atoms with E-state index in [4.69, 9.17) is 28.2 Å². The van der Waals surface area contributed by atoms with Crippen LogP contribution in [0.25, 0.3) is 6.08 Å². The minimum absolute atomic E-state index is 0.247. The number of nitrogens with one attached hydrogen (secondary N) is 3. The highest BCUT2D eigenvalue weighted by Gasteiger charge is 2.00. The van der Waals surface area contributed by atoms with Gasteiger partial charge in [-0.15, -0.1) is 0 Å². The number of halogens is 1. The third-order valence-corrected chi connectivity index (χ3v) is 2.76. The van der Waals surface area contributed by atoms with Crippen molar-refractivity contribution in [2.45, 2.75) is 0 Å². The number of rotatable bonds is 3. The van der Waals surface area contributed by atoms with Gasteiger partial charge in [-0.05, 0) is 48.6 Å². The van der Waals surface area contributed by atoms with Crippen LogP contribution in [0.4, 0.5) is 5.69 Å². The van der Waals surface area contributed by atoms with E-state index in [1.54, 1.807) is 42.5 Å². The fraction of sp³-hybridized carbons (Fsp3) is 0. The lowest BCUT2D eigenvalue weighted by Crippen LogP contribution is -2.43. The number of amides is 1. The van der Waals surface area contributed by atoms with Gasteiger partial charge in [-0.3, -0.25) is 15.6 Å². The Labute approximate surface area is 131 Å². The summed E-state index contributed by atoms with van der Waals surface area (Å²) in [7, 11) is 0. The molecular formula is C14H12ClN3O2S. The predicted octanol–water partition coefficient (Wildman–Crippen LogP) is 2.96. The van der Waals surface area contributed by atoms with Gasteiger partial charge in [-0.2, -0.15) is 0 Å².